The molecule has 1 aliphatic carbocycles. The first kappa shape index (κ1) is 13.2. The molecule has 3 nitrogen and oxygen atoms in total. The van der Waals surface area contributed by atoms with E-state index in [2.05, 4.69) is 64.1 Å². The average molecular weight is 369 g/mol. The van der Waals surface area contributed by atoms with Gasteiger partial charge in [0.1, 0.15) is 3.70 Å². The molecule has 102 valence electrons. The van der Waals surface area contributed by atoms with Gasteiger partial charge in [-0.15, -0.1) is 0 Å². The second-order valence-corrected chi connectivity index (χ2v) is 6.38. The van der Waals surface area contributed by atoms with Crippen molar-refractivity contribution in [1.82, 2.24) is 9.61 Å². The predicted octanol–water partition coefficient (Wildman–Crippen LogP) is 3.74. The molecule has 2 aromatic heterocycles. The van der Waals surface area contributed by atoms with Gasteiger partial charge in [0.05, 0.1) is 16.9 Å². The van der Waals surface area contributed by atoms with Gasteiger partial charge in [0.2, 0.25) is 0 Å². The fraction of sp³-hybridized carbons (Fsp3) is 0.533. The molecular weight excluding hydrogens is 349 g/mol. The van der Waals surface area contributed by atoms with Gasteiger partial charge in [0.15, 0.2) is 0 Å². The fourth-order valence-electron chi connectivity index (χ4n) is 2.64. The maximum absolute atomic E-state index is 4.79. The second-order valence-electron chi connectivity index (χ2n) is 5.28. The maximum atomic E-state index is 4.79. The molecule has 0 bridgehead atoms. The van der Waals surface area contributed by atoms with Crippen LogP contribution in [0.5, 0.6) is 0 Å². The Kier molecular flexibility index (Phi) is 3.69. The number of hydrogen-bond acceptors (Lipinski definition) is 2. The summed E-state index contributed by atoms with van der Waals surface area (Å²) in [6.45, 7) is 6.70. The molecule has 19 heavy (non-hydrogen) atoms. The zero-order chi connectivity index (χ0) is 13.4. The lowest BCUT2D eigenvalue weighted by Gasteiger charge is -2.23. The van der Waals surface area contributed by atoms with Gasteiger partial charge in [0.25, 0.3) is 0 Å². The number of rotatable bonds is 5. The highest BCUT2D eigenvalue weighted by molar-refractivity contribution is 14.1. The first-order chi connectivity index (χ1) is 9.24. The molecule has 0 radical (unpaired) electrons. The molecular formula is C15H20IN3. The standard InChI is InChI=1S/C15H20IN3/c1-3-12-15(18(4-2)10-11-8-9-11)13-6-5-7-14(16)19(13)17-12/h5-7,11H,3-4,8-10H2,1-2H3. The number of nitrogens with zero attached hydrogens (tertiary/aromatic N) is 3. The number of aryl methyl sites for hydroxylation is 1. The highest BCUT2D eigenvalue weighted by atomic mass is 127. The molecule has 3 rings (SSSR count). The van der Waals surface area contributed by atoms with Crippen LogP contribution >= 0.6 is 22.6 Å². The molecule has 0 atom stereocenters. The van der Waals surface area contributed by atoms with Crippen molar-refractivity contribution in [3.8, 4) is 0 Å². The largest absolute Gasteiger partial charge is 0.368 e. The Balaban J connectivity index is 2.10. The van der Waals surface area contributed by atoms with Crippen LogP contribution in [0, 0.1) is 9.62 Å². The maximum Gasteiger partial charge on any atom is 0.103 e. The van der Waals surface area contributed by atoms with Gasteiger partial charge in [-0.25, -0.2) is 4.52 Å². The molecule has 0 unspecified atom stereocenters. The molecule has 0 aliphatic heterocycles. The molecule has 1 fully saturated rings. The monoisotopic (exact) mass is 369 g/mol. The van der Waals surface area contributed by atoms with Gasteiger partial charge in [0, 0.05) is 13.1 Å². The van der Waals surface area contributed by atoms with Crippen molar-refractivity contribution >= 4 is 33.8 Å². The van der Waals surface area contributed by atoms with E-state index in [1.54, 1.807) is 0 Å². The number of hydrogen-bond donors (Lipinski definition) is 0. The quantitative estimate of drug-likeness (QED) is 0.591. The van der Waals surface area contributed by atoms with Gasteiger partial charge in [-0.2, -0.15) is 5.10 Å². The Morgan fingerprint density at radius 1 is 1.37 bits per heavy atom. The zero-order valence-electron chi connectivity index (χ0n) is 11.6. The minimum absolute atomic E-state index is 0.905. The minimum atomic E-state index is 0.905. The molecule has 1 saturated carbocycles. The second kappa shape index (κ2) is 5.31. The summed E-state index contributed by atoms with van der Waals surface area (Å²) in [5.74, 6) is 0.905. The molecule has 2 aromatic rings. The lowest BCUT2D eigenvalue weighted by Crippen LogP contribution is -2.26. The molecule has 1 aliphatic rings. The number of aromatic nitrogens is 2. The predicted molar refractivity (Wildman–Crippen MR) is 87.9 cm³/mol. The van der Waals surface area contributed by atoms with Crippen LogP contribution in [0.15, 0.2) is 18.2 Å². The Labute approximate surface area is 128 Å². The smallest absolute Gasteiger partial charge is 0.103 e. The Hall–Kier alpha value is -0.780. The number of halogens is 1. The summed E-state index contributed by atoms with van der Waals surface area (Å²) in [6.07, 6.45) is 3.79. The first-order valence-electron chi connectivity index (χ1n) is 7.15. The Morgan fingerprint density at radius 3 is 2.79 bits per heavy atom. The SMILES string of the molecule is CCc1nn2c(I)cccc2c1N(CC)CC1CC1. The van der Waals surface area contributed by atoms with E-state index in [9.17, 15) is 0 Å². The van der Waals surface area contributed by atoms with Crippen LogP contribution in [-0.2, 0) is 6.42 Å². The van der Waals surface area contributed by atoms with Crippen molar-refractivity contribution in [2.24, 2.45) is 5.92 Å². The van der Waals surface area contributed by atoms with E-state index in [1.807, 2.05) is 0 Å². The number of fused-ring (bicyclic) bond motifs is 1. The zero-order valence-corrected chi connectivity index (χ0v) is 13.7. The van der Waals surface area contributed by atoms with E-state index in [0.29, 0.717) is 0 Å². The van der Waals surface area contributed by atoms with E-state index in [0.717, 1.165) is 18.9 Å². The molecule has 0 spiro atoms. The summed E-state index contributed by atoms with van der Waals surface area (Å²) in [5.41, 5.74) is 3.84. The van der Waals surface area contributed by atoms with Crippen molar-refractivity contribution in [1.29, 1.82) is 0 Å². The molecule has 0 N–H and O–H groups in total. The summed E-state index contributed by atoms with van der Waals surface area (Å²) in [6, 6.07) is 6.44. The van der Waals surface area contributed by atoms with Gasteiger partial charge in [-0.05, 0) is 66.8 Å². The summed E-state index contributed by atoms with van der Waals surface area (Å²) >= 11 is 2.36. The number of pyridine rings is 1. The summed E-state index contributed by atoms with van der Waals surface area (Å²) in [7, 11) is 0. The topological polar surface area (TPSA) is 20.5 Å². The van der Waals surface area contributed by atoms with Crippen LogP contribution in [0.3, 0.4) is 0 Å². The lowest BCUT2D eigenvalue weighted by molar-refractivity contribution is 0.739. The number of anilines is 1. The van der Waals surface area contributed by atoms with Gasteiger partial charge < -0.3 is 4.90 Å². The van der Waals surface area contributed by atoms with Gasteiger partial charge in [-0.1, -0.05) is 13.0 Å². The van der Waals surface area contributed by atoms with E-state index in [4.69, 9.17) is 5.10 Å². The van der Waals surface area contributed by atoms with Crippen molar-refractivity contribution < 1.29 is 0 Å². The lowest BCUT2D eigenvalue weighted by atomic mass is 10.2. The van der Waals surface area contributed by atoms with Crippen LogP contribution < -0.4 is 4.90 Å². The van der Waals surface area contributed by atoms with Gasteiger partial charge in [-0.3, -0.25) is 0 Å². The van der Waals surface area contributed by atoms with Crippen LogP contribution in [0.4, 0.5) is 5.69 Å². The highest BCUT2D eigenvalue weighted by Gasteiger charge is 2.26. The molecule has 4 heteroatoms. The third-order valence-corrected chi connectivity index (χ3v) is 4.68. The molecule has 0 amide bonds. The van der Waals surface area contributed by atoms with Crippen LogP contribution in [0.2, 0.25) is 0 Å². The van der Waals surface area contributed by atoms with E-state index < -0.39 is 0 Å². The average Bonchev–Trinajstić information content (AvgIpc) is 3.15. The van der Waals surface area contributed by atoms with Crippen molar-refractivity contribution in [3.63, 3.8) is 0 Å². The van der Waals surface area contributed by atoms with E-state index in [-0.39, 0.29) is 0 Å². The van der Waals surface area contributed by atoms with Crippen LogP contribution in [0.1, 0.15) is 32.4 Å². The fourth-order valence-corrected chi connectivity index (χ4v) is 3.22. The highest BCUT2D eigenvalue weighted by Crippen LogP contribution is 2.34. The third kappa shape index (κ3) is 2.47. The Bertz CT molecular complexity index is 586. The summed E-state index contributed by atoms with van der Waals surface area (Å²) < 4.78 is 3.27. The molecule has 0 saturated heterocycles. The Morgan fingerprint density at radius 2 is 2.16 bits per heavy atom. The first-order valence-corrected chi connectivity index (χ1v) is 8.23. The normalized spacial score (nSPS) is 15.1. The third-order valence-electron chi connectivity index (χ3n) is 3.86. The van der Waals surface area contributed by atoms with Crippen molar-refractivity contribution in [3.05, 3.63) is 27.6 Å². The molecule has 0 aromatic carbocycles. The van der Waals surface area contributed by atoms with Crippen LogP contribution in [-0.4, -0.2) is 22.7 Å². The summed E-state index contributed by atoms with van der Waals surface area (Å²) in [4.78, 5) is 2.52. The van der Waals surface area contributed by atoms with E-state index in [1.165, 1.54) is 40.0 Å². The van der Waals surface area contributed by atoms with Gasteiger partial charge >= 0.3 is 0 Å². The molecule has 2 heterocycles. The van der Waals surface area contributed by atoms with E-state index >= 15 is 0 Å². The van der Waals surface area contributed by atoms with Crippen LogP contribution in [0.25, 0.3) is 5.52 Å². The van der Waals surface area contributed by atoms with Crippen molar-refractivity contribution in [2.45, 2.75) is 33.1 Å². The summed E-state index contributed by atoms with van der Waals surface area (Å²) in [5, 5.41) is 4.79. The minimum Gasteiger partial charge on any atom is -0.368 e. The van der Waals surface area contributed by atoms with Crippen molar-refractivity contribution in [2.75, 3.05) is 18.0 Å².